The van der Waals surface area contributed by atoms with E-state index in [1.54, 1.807) is 30.3 Å². The summed E-state index contributed by atoms with van der Waals surface area (Å²) in [5.41, 5.74) is 1.30. The van der Waals surface area contributed by atoms with E-state index < -0.39 is 33.7 Å². The van der Waals surface area contributed by atoms with Gasteiger partial charge in [-0.15, -0.1) is 0 Å². The molecule has 0 saturated carbocycles. The normalized spacial score (nSPS) is 12.1. The molecule has 0 aliphatic rings. The lowest BCUT2D eigenvalue weighted by atomic mass is 10.2. The smallest absolute Gasteiger partial charge is 0.408 e. The fourth-order valence-corrected chi connectivity index (χ4v) is 3.13. The Morgan fingerprint density at radius 1 is 1.07 bits per heavy atom. The van der Waals surface area contributed by atoms with E-state index in [1.807, 2.05) is 6.07 Å². The van der Waals surface area contributed by atoms with Crippen molar-refractivity contribution in [2.45, 2.75) is 25.6 Å². The third kappa shape index (κ3) is 8.73. The zero-order chi connectivity index (χ0) is 21.3. The van der Waals surface area contributed by atoms with Crippen molar-refractivity contribution < 1.29 is 27.1 Å². The number of halogens is 1. The summed E-state index contributed by atoms with van der Waals surface area (Å²) < 4.78 is 41.2. The average molecular weight is 422 g/mol. The van der Waals surface area contributed by atoms with Crippen LogP contribution in [0.25, 0.3) is 0 Å². The lowest BCUT2D eigenvalue weighted by Gasteiger charge is -2.18. The third-order valence-corrected chi connectivity index (χ3v) is 4.93. The summed E-state index contributed by atoms with van der Waals surface area (Å²) in [5.74, 6) is -1.31. The lowest BCUT2D eigenvalue weighted by molar-refractivity contribution is -0.123. The van der Waals surface area contributed by atoms with Crippen molar-refractivity contribution in [2.24, 2.45) is 0 Å². The van der Waals surface area contributed by atoms with Crippen LogP contribution >= 0.6 is 0 Å². The van der Waals surface area contributed by atoms with E-state index in [9.17, 15) is 22.4 Å². The second kappa shape index (κ2) is 10.6. The van der Waals surface area contributed by atoms with E-state index in [1.165, 1.54) is 18.2 Å². The van der Waals surface area contributed by atoms with Crippen molar-refractivity contribution in [3.8, 4) is 0 Å². The molecule has 0 heterocycles. The monoisotopic (exact) mass is 422 g/mol. The number of ether oxygens (including phenoxy) is 1. The Labute approximate surface area is 169 Å². The summed E-state index contributed by atoms with van der Waals surface area (Å²) in [6, 6.07) is 13.6. The highest BCUT2D eigenvalue weighted by Crippen LogP contribution is 2.05. The standard InChI is InChI=1S/C20H23FN2O5S/c1-29(26,27)11-10-18(19(24)22-13-16-8-5-9-17(21)12-16)23-20(25)28-14-15-6-3-2-4-7-15/h2-9,12,18H,10-11,13-14H2,1H3,(H,22,24)(H,23,25). The van der Waals surface area contributed by atoms with Gasteiger partial charge in [0.05, 0.1) is 5.75 Å². The van der Waals surface area contributed by atoms with Crippen molar-refractivity contribution >= 4 is 21.8 Å². The highest BCUT2D eigenvalue weighted by molar-refractivity contribution is 7.90. The highest BCUT2D eigenvalue weighted by Gasteiger charge is 2.23. The maximum absolute atomic E-state index is 13.2. The van der Waals surface area contributed by atoms with Crippen molar-refractivity contribution in [1.82, 2.24) is 10.6 Å². The van der Waals surface area contributed by atoms with Gasteiger partial charge >= 0.3 is 6.09 Å². The minimum atomic E-state index is -3.34. The van der Waals surface area contributed by atoms with Crippen molar-refractivity contribution in [1.29, 1.82) is 0 Å². The quantitative estimate of drug-likeness (QED) is 0.645. The summed E-state index contributed by atoms with van der Waals surface area (Å²) in [6.45, 7) is 0.0447. The molecule has 29 heavy (non-hydrogen) atoms. The molecule has 0 fully saturated rings. The van der Waals surface area contributed by atoms with Crippen LogP contribution in [0.5, 0.6) is 0 Å². The second-order valence-corrected chi connectivity index (χ2v) is 8.78. The van der Waals surface area contributed by atoms with E-state index >= 15 is 0 Å². The summed E-state index contributed by atoms with van der Waals surface area (Å²) >= 11 is 0. The molecule has 0 radical (unpaired) electrons. The van der Waals surface area contributed by atoms with E-state index in [4.69, 9.17) is 4.74 Å². The Bertz CT molecular complexity index is 935. The van der Waals surface area contributed by atoms with Gasteiger partial charge in [0, 0.05) is 12.8 Å². The summed E-state index contributed by atoms with van der Waals surface area (Å²) in [7, 11) is -3.34. The van der Waals surface area contributed by atoms with Gasteiger partial charge in [0.15, 0.2) is 0 Å². The SMILES string of the molecule is CS(=O)(=O)CCC(NC(=O)OCc1ccccc1)C(=O)NCc1cccc(F)c1. The van der Waals surface area contributed by atoms with Crippen LogP contribution < -0.4 is 10.6 Å². The maximum atomic E-state index is 13.2. The number of nitrogens with one attached hydrogen (secondary N) is 2. The van der Waals surface area contributed by atoms with Gasteiger partial charge in [-0.05, 0) is 29.7 Å². The van der Waals surface area contributed by atoms with Gasteiger partial charge in [0.25, 0.3) is 0 Å². The van der Waals surface area contributed by atoms with E-state index in [0.717, 1.165) is 11.8 Å². The molecule has 2 aromatic rings. The molecule has 2 N–H and O–H groups in total. The first-order valence-electron chi connectivity index (χ1n) is 8.90. The predicted octanol–water partition coefficient (Wildman–Crippen LogP) is 2.17. The Morgan fingerprint density at radius 3 is 2.41 bits per heavy atom. The molecule has 0 spiro atoms. The fourth-order valence-electron chi connectivity index (χ4n) is 2.47. The number of rotatable bonds is 9. The second-order valence-electron chi connectivity index (χ2n) is 6.52. The van der Waals surface area contributed by atoms with Crippen LogP contribution in [-0.2, 0) is 32.5 Å². The van der Waals surface area contributed by atoms with Crippen molar-refractivity contribution in [2.75, 3.05) is 12.0 Å². The molecule has 0 aliphatic carbocycles. The largest absolute Gasteiger partial charge is 0.445 e. The maximum Gasteiger partial charge on any atom is 0.408 e. The molecule has 156 valence electrons. The molecule has 1 atom stereocenters. The van der Waals surface area contributed by atoms with Crippen LogP contribution in [0.2, 0.25) is 0 Å². The Morgan fingerprint density at radius 2 is 1.76 bits per heavy atom. The lowest BCUT2D eigenvalue weighted by Crippen LogP contribution is -2.47. The van der Waals surface area contributed by atoms with Gasteiger partial charge in [-0.25, -0.2) is 17.6 Å². The fraction of sp³-hybridized carbons (Fsp3) is 0.300. The molecule has 9 heteroatoms. The molecule has 7 nitrogen and oxygen atoms in total. The molecule has 2 aromatic carbocycles. The van der Waals surface area contributed by atoms with Gasteiger partial charge in [0.1, 0.15) is 28.3 Å². The number of benzene rings is 2. The van der Waals surface area contributed by atoms with E-state index in [-0.39, 0.29) is 25.3 Å². The number of hydrogen-bond donors (Lipinski definition) is 2. The summed E-state index contributed by atoms with van der Waals surface area (Å²) in [4.78, 5) is 24.5. The topological polar surface area (TPSA) is 102 Å². The summed E-state index contributed by atoms with van der Waals surface area (Å²) in [6.07, 6.45) is 0.0877. The molecule has 1 unspecified atom stereocenters. The number of hydrogen-bond acceptors (Lipinski definition) is 5. The molecule has 0 saturated heterocycles. The zero-order valence-electron chi connectivity index (χ0n) is 15.9. The predicted molar refractivity (Wildman–Crippen MR) is 106 cm³/mol. The van der Waals surface area contributed by atoms with Crippen LogP contribution in [0.4, 0.5) is 9.18 Å². The first kappa shape index (κ1) is 22.4. The van der Waals surface area contributed by atoms with Crippen molar-refractivity contribution in [3.63, 3.8) is 0 Å². The Kier molecular flexibility index (Phi) is 8.14. The van der Waals surface area contributed by atoms with Gasteiger partial charge in [-0.2, -0.15) is 0 Å². The van der Waals surface area contributed by atoms with Gasteiger partial charge in [-0.1, -0.05) is 42.5 Å². The molecular formula is C20H23FN2O5S. The number of amides is 2. The van der Waals surface area contributed by atoms with Crippen LogP contribution in [0, 0.1) is 5.82 Å². The molecule has 0 aliphatic heterocycles. The van der Waals surface area contributed by atoms with Gasteiger partial charge < -0.3 is 15.4 Å². The molecule has 2 rings (SSSR count). The van der Waals surface area contributed by atoms with Gasteiger partial charge in [-0.3, -0.25) is 4.79 Å². The van der Waals surface area contributed by atoms with Crippen LogP contribution in [0.15, 0.2) is 54.6 Å². The molecule has 2 amide bonds. The average Bonchev–Trinajstić information content (AvgIpc) is 2.68. The first-order chi connectivity index (χ1) is 13.7. The number of carbonyl (C=O) groups is 2. The number of carbonyl (C=O) groups excluding carboxylic acids is 2. The van der Waals surface area contributed by atoms with Crippen LogP contribution in [-0.4, -0.2) is 38.5 Å². The van der Waals surface area contributed by atoms with E-state index in [2.05, 4.69) is 10.6 Å². The summed E-state index contributed by atoms with van der Waals surface area (Å²) in [5, 5.41) is 4.97. The van der Waals surface area contributed by atoms with Gasteiger partial charge in [0.2, 0.25) is 5.91 Å². The van der Waals surface area contributed by atoms with Crippen molar-refractivity contribution in [3.05, 3.63) is 71.5 Å². The van der Waals surface area contributed by atoms with Crippen LogP contribution in [0.3, 0.4) is 0 Å². The Hall–Kier alpha value is -2.94. The first-order valence-corrected chi connectivity index (χ1v) is 11.0. The molecular weight excluding hydrogens is 399 g/mol. The van der Waals surface area contributed by atoms with E-state index in [0.29, 0.717) is 5.56 Å². The minimum absolute atomic E-state index is 0.0103. The third-order valence-electron chi connectivity index (χ3n) is 3.95. The molecule has 0 bridgehead atoms. The molecule has 0 aromatic heterocycles. The number of sulfone groups is 1. The zero-order valence-corrected chi connectivity index (χ0v) is 16.7. The number of alkyl carbamates (subject to hydrolysis) is 1. The van der Waals surface area contributed by atoms with Crippen LogP contribution in [0.1, 0.15) is 17.5 Å². The highest BCUT2D eigenvalue weighted by atomic mass is 32.2. The Balaban J connectivity index is 1.95. The minimum Gasteiger partial charge on any atom is -0.445 e.